The first-order valence-corrected chi connectivity index (χ1v) is 4.62. The summed E-state index contributed by atoms with van der Waals surface area (Å²) in [5, 5.41) is 2.97. The van der Waals surface area contributed by atoms with Gasteiger partial charge < -0.3 is 5.32 Å². The van der Waals surface area contributed by atoms with Crippen molar-refractivity contribution in [2.45, 2.75) is 25.8 Å². The molecule has 1 amide bonds. The van der Waals surface area contributed by atoms with Crippen LogP contribution in [0, 0.1) is 6.92 Å². The van der Waals surface area contributed by atoms with Gasteiger partial charge in [0, 0.05) is 6.42 Å². The Morgan fingerprint density at radius 2 is 2.15 bits per heavy atom. The van der Waals surface area contributed by atoms with Crippen LogP contribution in [0.5, 0.6) is 0 Å². The lowest BCUT2D eigenvalue weighted by atomic mass is 10.0. The van der Waals surface area contributed by atoms with Crippen molar-refractivity contribution in [1.82, 2.24) is 5.32 Å². The Kier molecular flexibility index (Phi) is 2.05. The standard InChI is InChI=1S/C11H13NO/c1-8-4-2-3-5-9(8)10-6-7-11(13)12-10/h2-5,10H,6-7H2,1H3,(H,12,13)/t10-/m1/s1. The maximum absolute atomic E-state index is 11.0. The lowest BCUT2D eigenvalue weighted by molar-refractivity contribution is -0.119. The number of hydrogen-bond donors (Lipinski definition) is 1. The number of amides is 1. The Balaban J connectivity index is 2.26. The van der Waals surface area contributed by atoms with Crippen molar-refractivity contribution in [3.8, 4) is 0 Å². The second-order valence-corrected chi connectivity index (χ2v) is 3.52. The summed E-state index contributed by atoms with van der Waals surface area (Å²) in [4.78, 5) is 11.0. The molecule has 0 spiro atoms. The number of rotatable bonds is 1. The summed E-state index contributed by atoms with van der Waals surface area (Å²) < 4.78 is 0. The summed E-state index contributed by atoms with van der Waals surface area (Å²) in [6.45, 7) is 2.08. The van der Waals surface area contributed by atoms with Gasteiger partial charge in [0.05, 0.1) is 6.04 Å². The molecule has 1 heterocycles. The smallest absolute Gasteiger partial charge is 0.220 e. The van der Waals surface area contributed by atoms with E-state index in [0.29, 0.717) is 6.42 Å². The van der Waals surface area contributed by atoms with Crippen molar-refractivity contribution in [3.05, 3.63) is 35.4 Å². The monoisotopic (exact) mass is 175 g/mol. The predicted octanol–water partition coefficient (Wildman–Crippen LogP) is 1.95. The van der Waals surface area contributed by atoms with Gasteiger partial charge in [-0.3, -0.25) is 4.79 Å². The average Bonchev–Trinajstić information content (AvgIpc) is 2.53. The molecular weight excluding hydrogens is 162 g/mol. The molecular formula is C11H13NO. The third-order valence-corrected chi connectivity index (χ3v) is 2.56. The molecule has 0 aliphatic carbocycles. The molecule has 1 atom stereocenters. The normalized spacial score (nSPS) is 21.6. The van der Waals surface area contributed by atoms with Crippen molar-refractivity contribution in [3.63, 3.8) is 0 Å². The van der Waals surface area contributed by atoms with E-state index in [1.54, 1.807) is 0 Å². The molecule has 68 valence electrons. The SMILES string of the molecule is Cc1ccccc1[C@H]1CCC(=O)N1. The topological polar surface area (TPSA) is 29.1 Å². The molecule has 1 aromatic carbocycles. The van der Waals surface area contributed by atoms with Gasteiger partial charge in [-0.05, 0) is 24.5 Å². The van der Waals surface area contributed by atoms with Crippen LogP contribution in [0.4, 0.5) is 0 Å². The molecule has 0 saturated carbocycles. The zero-order valence-electron chi connectivity index (χ0n) is 7.71. The zero-order chi connectivity index (χ0) is 9.26. The second-order valence-electron chi connectivity index (χ2n) is 3.52. The van der Waals surface area contributed by atoms with Crippen LogP contribution < -0.4 is 5.32 Å². The Hall–Kier alpha value is -1.31. The summed E-state index contributed by atoms with van der Waals surface area (Å²) in [5.41, 5.74) is 2.52. The van der Waals surface area contributed by atoms with E-state index < -0.39 is 0 Å². The second kappa shape index (κ2) is 3.21. The molecule has 1 saturated heterocycles. The first kappa shape index (κ1) is 8.30. The Bertz CT molecular complexity index is 333. The highest BCUT2D eigenvalue weighted by Crippen LogP contribution is 2.25. The number of benzene rings is 1. The lowest BCUT2D eigenvalue weighted by Gasteiger charge is -2.12. The molecule has 1 aliphatic heterocycles. The fraction of sp³-hybridized carbons (Fsp3) is 0.364. The minimum Gasteiger partial charge on any atom is -0.349 e. The van der Waals surface area contributed by atoms with Crippen LogP contribution in [0.15, 0.2) is 24.3 Å². The van der Waals surface area contributed by atoms with E-state index in [-0.39, 0.29) is 11.9 Å². The van der Waals surface area contributed by atoms with Gasteiger partial charge >= 0.3 is 0 Å². The third kappa shape index (κ3) is 1.57. The van der Waals surface area contributed by atoms with Gasteiger partial charge in [0.25, 0.3) is 0 Å². The first-order valence-electron chi connectivity index (χ1n) is 4.62. The highest BCUT2D eigenvalue weighted by molar-refractivity contribution is 5.78. The van der Waals surface area contributed by atoms with E-state index in [1.807, 2.05) is 12.1 Å². The van der Waals surface area contributed by atoms with E-state index in [0.717, 1.165) is 6.42 Å². The van der Waals surface area contributed by atoms with Crippen LogP contribution in [-0.4, -0.2) is 5.91 Å². The average molecular weight is 175 g/mol. The number of aryl methyl sites for hydroxylation is 1. The number of hydrogen-bond acceptors (Lipinski definition) is 1. The quantitative estimate of drug-likeness (QED) is 0.694. The Morgan fingerprint density at radius 1 is 1.38 bits per heavy atom. The molecule has 1 fully saturated rings. The van der Waals surface area contributed by atoms with Gasteiger partial charge in [-0.25, -0.2) is 0 Å². The fourth-order valence-corrected chi connectivity index (χ4v) is 1.83. The van der Waals surface area contributed by atoms with Gasteiger partial charge in [-0.1, -0.05) is 24.3 Å². The summed E-state index contributed by atoms with van der Waals surface area (Å²) in [7, 11) is 0. The molecule has 2 heteroatoms. The van der Waals surface area contributed by atoms with Crippen molar-refractivity contribution in [1.29, 1.82) is 0 Å². The molecule has 13 heavy (non-hydrogen) atoms. The van der Waals surface area contributed by atoms with Gasteiger partial charge in [0.2, 0.25) is 5.91 Å². The van der Waals surface area contributed by atoms with E-state index in [1.165, 1.54) is 11.1 Å². The van der Waals surface area contributed by atoms with Gasteiger partial charge in [-0.2, -0.15) is 0 Å². The molecule has 0 aromatic heterocycles. The largest absolute Gasteiger partial charge is 0.349 e. The Morgan fingerprint density at radius 3 is 2.77 bits per heavy atom. The van der Waals surface area contributed by atoms with Crippen molar-refractivity contribution < 1.29 is 4.79 Å². The maximum atomic E-state index is 11.0. The van der Waals surface area contributed by atoms with Crippen LogP contribution >= 0.6 is 0 Å². The number of nitrogens with one attached hydrogen (secondary N) is 1. The van der Waals surface area contributed by atoms with Crippen LogP contribution in [0.2, 0.25) is 0 Å². The molecule has 1 aromatic rings. The molecule has 0 unspecified atom stereocenters. The highest BCUT2D eigenvalue weighted by Gasteiger charge is 2.22. The molecule has 2 nitrogen and oxygen atoms in total. The van der Waals surface area contributed by atoms with Crippen molar-refractivity contribution in [2.24, 2.45) is 0 Å². The zero-order valence-corrected chi connectivity index (χ0v) is 7.71. The maximum Gasteiger partial charge on any atom is 0.220 e. The van der Waals surface area contributed by atoms with Crippen molar-refractivity contribution >= 4 is 5.91 Å². The minimum absolute atomic E-state index is 0.174. The van der Waals surface area contributed by atoms with Crippen LogP contribution in [0.3, 0.4) is 0 Å². The van der Waals surface area contributed by atoms with E-state index >= 15 is 0 Å². The predicted molar refractivity (Wildman–Crippen MR) is 51.3 cm³/mol. The summed E-state index contributed by atoms with van der Waals surface area (Å²) in [6.07, 6.45) is 1.60. The van der Waals surface area contributed by atoms with Crippen LogP contribution in [-0.2, 0) is 4.79 Å². The van der Waals surface area contributed by atoms with Gasteiger partial charge in [-0.15, -0.1) is 0 Å². The molecule has 0 bridgehead atoms. The van der Waals surface area contributed by atoms with Crippen LogP contribution in [0.25, 0.3) is 0 Å². The summed E-state index contributed by atoms with van der Waals surface area (Å²) in [6, 6.07) is 8.46. The first-order chi connectivity index (χ1) is 6.27. The molecule has 1 aliphatic rings. The summed E-state index contributed by atoms with van der Waals surface area (Å²) >= 11 is 0. The van der Waals surface area contributed by atoms with E-state index in [9.17, 15) is 4.79 Å². The van der Waals surface area contributed by atoms with Crippen LogP contribution in [0.1, 0.15) is 30.0 Å². The molecule has 2 rings (SSSR count). The minimum atomic E-state index is 0.174. The van der Waals surface area contributed by atoms with Crippen molar-refractivity contribution in [2.75, 3.05) is 0 Å². The van der Waals surface area contributed by atoms with E-state index in [4.69, 9.17) is 0 Å². The number of carbonyl (C=O) groups is 1. The molecule has 1 N–H and O–H groups in total. The van der Waals surface area contributed by atoms with E-state index in [2.05, 4.69) is 24.4 Å². The Labute approximate surface area is 78.0 Å². The lowest BCUT2D eigenvalue weighted by Crippen LogP contribution is -2.18. The highest BCUT2D eigenvalue weighted by atomic mass is 16.1. The fourth-order valence-electron chi connectivity index (χ4n) is 1.83. The van der Waals surface area contributed by atoms with Gasteiger partial charge in [0.1, 0.15) is 0 Å². The van der Waals surface area contributed by atoms with Gasteiger partial charge in [0.15, 0.2) is 0 Å². The summed E-state index contributed by atoms with van der Waals surface area (Å²) in [5.74, 6) is 0.174. The third-order valence-electron chi connectivity index (χ3n) is 2.56. The number of carbonyl (C=O) groups excluding carboxylic acids is 1. The molecule has 0 radical (unpaired) electrons.